The van der Waals surface area contributed by atoms with Crippen LogP contribution in [0.5, 0.6) is 0 Å². The van der Waals surface area contributed by atoms with Crippen molar-refractivity contribution in [3.8, 4) is 0 Å². The first-order valence-electron chi connectivity index (χ1n) is 6.77. The molecule has 2 N–H and O–H groups in total. The van der Waals surface area contributed by atoms with E-state index in [1.807, 2.05) is 19.1 Å². The maximum atomic E-state index is 14.3. The first-order valence-corrected chi connectivity index (χ1v) is 6.77. The number of carbonyl (C=O) groups is 1. The molecule has 0 saturated carbocycles. The van der Waals surface area contributed by atoms with Gasteiger partial charge in [-0.3, -0.25) is 9.20 Å². The molecule has 1 amide bonds. The van der Waals surface area contributed by atoms with Crippen LogP contribution in [0.1, 0.15) is 28.9 Å². The molecule has 1 aliphatic rings. The van der Waals surface area contributed by atoms with E-state index in [2.05, 4.69) is 10.3 Å². The Kier molecular flexibility index (Phi) is 3.25. The van der Waals surface area contributed by atoms with E-state index in [0.29, 0.717) is 18.5 Å². The summed E-state index contributed by atoms with van der Waals surface area (Å²) in [6.45, 7) is 1.68. The summed E-state index contributed by atoms with van der Waals surface area (Å²) in [6, 6.07) is 3.45. The van der Waals surface area contributed by atoms with Crippen molar-refractivity contribution in [3.63, 3.8) is 0 Å². The molecule has 5 nitrogen and oxygen atoms in total. The standard InChI is InChI=1S/C15H16FN3O2/c1-10-4-7-19-11(8-10)17-12(13(19)16)14(21)18-15(9-20)5-2-3-6-15/h2-4,7-8,20H,5-6,9H2,1H3,(H,18,21). The van der Waals surface area contributed by atoms with Gasteiger partial charge in [0.15, 0.2) is 5.69 Å². The number of aryl methyl sites for hydroxylation is 1. The molecule has 1 aliphatic carbocycles. The van der Waals surface area contributed by atoms with Crippen molar-refractivity contribution in [2.45, 2.75) is 25.3 Å². The molecule has 110 valence electrons. The summed E-state index contributed by atoms with van der Waals surface area (Å²) in [6.07, 6.45) is 6.38. The number of carbonyl (C=O) groups excluding carboxylic acids is 1. The number of fused-ring (bicyclic) bond motifs is 1. The van der Waals surface area contributed by atoms with Gasteiger partial charge in [-0.1, -0.05) is 12.2 Å². The highest BCUT2D eigenvalue weighted by Gasteiger charge is 2.33. The normalized spacial score (nSPS) is 16.5. The number of hydrogen-bond acceptors (Lipinski definition) is 3. The van der Waals surface area contributed by atoms with Gasteiger partial charge in [0.1, 0.15) is 5.65 Å². The fourth-order valence-electron chi connectivity index (χ4n) is 2.53. The molecule has 6 heteroatoms. The van der Waals surface area contributed by atoms with E-state index in [-0.39, 0.29) is 12.3 Å². The minimum Gasteiger partial charge on any atom is -0.394 e. The van der Waals surface area contributed by atoms with E-state index in [1.165, 1.54) is 4.40 Å². The van der Waals surface area contributed by atoms with Crippen molar-refractivity contribution >= 4 is 11.6 Å². The van der Waals surface area contributed by atoms with Gasteiger partial charge in [0.2, 0.25) is 5.95 Å². The second-order valence-corrected chi connectivity index (χ2v) is 5.46. The molecular formula is C15H16FN3O2. The van der Waals surface area contributed by atoms with Crippen LogP contribution in [0.2, 0.25) is 0 Å². The molecule has 0 radical (unpaired) electrons. The maximum absolute atomic E-state index is 14.3. The third-order valence-electron chi connectivity index (χ3n) is 3.80. The highest BCUT2D eigenvalue weighted by Crippen LogP contribution is 2.24. The van der Waals surface area contributed by atoms with Crippen molar-refractivity contribution in [1.29, 1.82) is 0 Å². The molecule has 0 atom stereocenters. The van der Waals surface area contributed by atoms with Crippen molar-refractivity contribution in [2.75, 3.05) is 6.61 Å². The smallest absolute Gasteiger partial charge is 0.275 e. The number of amides is 1. The average Bonchev–Trinajstić information content (AvgIpc) is 3.04. The van der Waals surface area contributed by atoms with E-state index >= 15 is 0 Å². The van der Waals surface area contributed by atoms with Gasteiger partial charge in [-0.25, -0.2) is 4.98 Å². The van der Waals surface area contributed by atoms with Crippen LogP contribution in [0.15, 0.2) is 30.5 Å². The number of halogens is 1. The number of nitrogens with zero attached hydrogens (tertiary/aromatic N) is 2. The van der Waals surface area contributed by atoms with Crippen LogP contribution in [-0.2, 0) is 0 Å². The number of aromatic nitrogens is 2. The molecule has 0 saturated heterocycles. The summed E-state index contributed by atoms with van der Waals surface area (Å²) in [5.41, 5.74) is 0.335. The fourth-order valence-corrected chi connectivity index (χ4v) is 2.53. The number of nitrogens with one attached hydrogen (secondary N) is 1. The summed E-state index contributed by atoms with van der Waals surface area (Å²) >= 11 is 0. The van der Waals surface area contributed by atoms with Crippen LogP contribution in [-0.4, -0.2) is 32.5 Å². The highest BCUT2D eigenvalue weighted by molar-refractivity contribution is 5.93. The van der Waals surface area contributed by atoms with E-state index in [1.54, 1.807) is 18.3 Å². The van der Waals surface area contributed by atoms with Crippen LogP contribution < -0.4 is 5.32 Å². The second-order valence-electron chi connectivity index (χ2n) is 5.46. The van der Waals surface area contributed by atoms with Gasteiger partial charge >= 0.3 is 0 Å². The van der Waals surface area contributed by atoms with Crippen LogP contribution in [0, 0.1) is 12.9 Å². The monoisotopic (exact) mass is 289 g/mol. The van der Waals surface area contributed by atoms with E-state index < -0.39 is 17.4 Å². The lowest BCUT2D eigenvalue weighted by atomic mass is 9.97. The molecule has 21 heavy (non-hydrogen) atoms. The number of aliphatic hydroxyl groups is 1. The summed E-state index contributed by atoms with van der Waals surface area (Å²) in [5, 5.41) is 12.2. The number of hydrogen-bond donors (Lipinski definition) is 2. The molecule has 0 unspecified atom stereocenters. The lowest BCUT2D eigenvalue weighted by molar-refractivity contribution is 0.0836. The summed E-state index contributed by atoms with van der Waals surface area (Å²) in [5.74, 6) is -1.30. The molecule has 0 aliphatic heterocycles. The van der Waals surface area contributed by atoms with Gasteiger partial charge in [0, 0.05) is 6.20 Å². The zero-order chi connectivity index (χ0) is 15.0. The number of aliphatic hydroxyl groups excluding tert-OH is 1. The predicted molar refractivity (Wildman–Crippen MR) is 75.5 cm³/mol. The number of rotatable bonds is 3. The van der Waals surface area contributed by atoms with E-state index in [9.17, 15) is 14.3 Å². The molecule has 2 heterocycles. The first-order chi connectivity index (χ1) is 10.0. The van der Waals surface area contributed by atoms with Crippen molar-refractivity contribution < 1.29 is 14.3 Å². The maximum Gasteiger partial charge on any atom is 0.275 e. The van der Waals surface area contributed by atoms with Crippen LogP contribution in [0.3, 0.4) is 0 Å². The molecular weight excluding hydrogens is 273 g/mol. The molecule has 0 bridgehead atoms. The largest absolute Gasteiger partial charge is 0.394 e. The van der Waals surface area contributed by atoms with E-state index in [0.717, 1.165) is 5.56 Å². The molecule has 0 fully saturated rings. The zero-order valence-electron chi connectivity index (χ0n) is 11.6. The van der Waals surface area contributed by atoms with Crippen LogP contribution in [0.4, 0.5) is 4.39 Å². The highest BCUT2D eigenvalue weighted by atomic mass is 19.1. The summed E-state index contributed by atoms with van der Waals surface area (Å²) < 4.78 is 15.5. The Labute approximate surface area is 121 Å². The Morgan fingerprint density at radius 3 is 2.90 bits per heavy atom. The lowest BCUT2D eigenvalue weighted by Gasteiger charge is -2.27. The summed E-state index contributed by atoms with van der Waals surface area (Å²) in [4.78, 5) is 16.3. The molecule has 2 aromatic rings. The van der Waals surface area contributed by atoms with Gasteiger partial charge < -0.3 is 10.4 Å². The van der Waals surface area contributed by atoms with Gasteiger partial charge in [-0.15, -0.1) is 0 Å². The van der Waals surface area contributed by atoms with Gasteiger partial charge in [-0.05, 0) is 37.5 Å². The zero-order valence-corrected chi connectivity index (χ0v) is 11.6. The van der Waals surface area contributed by atoms with Gasteiger partial charge in [-0.2, -0.15) is 4.39 Å². The van der Waals surface area contributed by atoms with Crippen molar-refractivity contribution in [1.82, 2.24) is 14.7 Å². The lowest BCUT2D eigenvalue weighted by Crippen LogP contribution is -2.49. The third-order valence-corrected chi connectivity index (χ3v) is 3.80. The minimum absolute atomic E-state index is 0.195. The Morgan fingerprint density at radius 1 is 1.52 bits per heavy atom. The predicted octanol–water partition coefficient (Wildman–Crippen LogP) is 1.59. The van der Waals surface area contributed by atoms with Crippen LogP contribution >= 0.6 is 0 Å². The first kappa shape index (κ1) is 13.8. The Morgan fingerprint density at radius 2 is 2.24 bits per heavy atom. The van der Waals surface area contributed by atoms with Gasteiger partial charge in [0.25, 0.3) is 5.91 Å². The van der Waals surface area contributed by atoms with Crippen molar-refractivity contribution in [3.05, 3.63) is 47.7 Å². The third kappa shape index (κ3) is 2.31. The molecule has 2 aromatic heterocycles. The van der Waals surface area contributed by atoms with E-state index in [4.69, 9.17) is 0 Å². The van der Waals surface area contributed by atoms with Crippen molar-refractivity contribution in [2.24, 2.45) is 0 Å². The molecule has 3 rings (SSSR count). The Bertz CT molecular complexity index is 728. The number of imidazole rings is 1. The topological polar surface area (TPSA) is 66.6 Å². The Hall–Kier alpha value is -2.21. The van der Waals surface area contributed by atoms with Gasteiger partial charge in [0.05, 0.1) is 12.1 Å². The SMILES string of the molecule is Cc1ccn2c(F)c(C(=O)NC3(CO)CC=CC3)nc2c1. The minimum atomic E-state index is -0.741. The fraction of sp³-hybridized carbons (Fsp3) is 0.333. The Balaban J connectivity index is 1.93. The second kappa shape index (κ2) is 4.96. The average molecular weight is 289 g/mol. The molecule has 0 spiro atoms. The van der Waals surface area contributed by atoms with Crippen LogP contribution in [0.25, 0.3) is 5.65 Å². The molecule has 0 aromatic carbocycles. The number of pyridine rings is 1. The summed E-state index contributed by atoms with van der Waals surface area (Å²) in [7, 11) is 0. The quantitative estimate of drug-likeness (QED) is 0.843.